The summed E-state index contributed by atoms with van der Waals surface area (Å²) in [5.41, 5.74) is 0.644. The molecule has 0 aliphatic heterocycles. The number of aromatic nitrogens is 2. The minimum absolute atomic E-state index is 0.0192. The summed E-state index contributed by atoms with van der Waals surface area (Å²) < 4.78 is 34.8. The fourth-order valence-electron chi connectivity index (χ4n) is 1.58. The molecule has 0 N–H and O–H groups in total. The van der Waals surface area contributed by atoms with E-state index in [-0.39, 0.29) is 18.1 Å². The predicted molar refractivity (Wildman–Crippen MR) is 66.2 cm³/mol. The number of benzene rings is 1. The number of nitrogens with zero attached hydrogens (tertiary/aromatic N) is 2. The Kier molecular flexibility index (Phi) is 4.29. The average molecular weight is 282 g/mol. The van der Waals surface area contributed by atoms with Gasteiger partial charge in [-0.15, -0.1) is 0 Å². The van der Waals surface area contributed by atoms with Crippen LogP contribution in [0.1, 0.15) is 17.4 Å². The van der Waals surface area contributed by atoms with Gasteiger partial charge in [0.05, 0.1) is 12.3 Å². The van der Waals surface area contributed by atoms with Gasteiger partial charge in [-0.3, -0.25) is 0 Å². The number of ether oxygens (including phenoxy) is 2. The standard InChI is InChI=1S/C13H12F2N2O3/c1-2-19-12(18)11-6-7-17(16-11)9-4-3-5-10(8-9)20-13(14)15/h3-8,13H,2H2,1H3. The molecule has 5 nitrogen and oxygen atoms in total. The first-order chi connectivity index (χ1) is 9.60. The van der Waals surface area contributed by atoms with Gasteiger partial charge in [0.1, 0.15) is 5.75 Å². The lowest BCUT2D eigenvalue weighted by Gasteiger charge is -2.06. The molecule has 0 spiro atoms. The highest BCUT2D eigenvalue weighted by Crippen LogP contribution is 2.18. The van der Waals surface area contributed by atoms with Crippen molar-refractivity contribution >= 4 is 5.97 Å². The molecule has 1 heterocycles. The van der Waals surface area contributed by atoms with Crippen LogP contribution in [0, 0.1) is 0 Å². The van der Waals surface area contributed by atoms with Crippen LogP contribution in [-0.2, 0) is 4.74 Å². The van der Waals surface area contributed by atoms with Gasteiger partial charge in [-0.2, -0.15) is 13.9 Å². The number of alkyl halides is 2. The van der Waals surface area contributed by atoms with Gasteiger partial charge in [-0.25, -0.2) is 9.48 Å². The van der Waals surface area contributed by atoms with Crippen molar-refractivity contribution in [3.05, 3.63) is 42.2 Å². The smallest absolute Gasteiger partial charge is 0.387 e. The molecule has 2 aromatic rings. The lowest BCUT2D eigenvalue weighted by molar-refractivity contribution is -0.0498. The molecule has 1 aromatic carbocycles. The Morgan fingerprint density at radius 3 is 2.90 bits per heavy atom. The minimum atomic E-state index is -2.89. The zero-order valence-electron chi connectivity index (χ0n) is 10.6. The highest BCUT2D eigenvalue weighted by Gasteiger charge is 2.11. The fraction of sp³-hybridized carbons (Fsp3) is 0.231. The molecule has 0 saturated heterocycles. The van der Waals surface area contributed by atoms with Crippen molar-refractivity contribution in [2.45, 2.75) is 13.5 Å². The van der Waals surface area contributed by atoms with Crippen molar-refractivity contribution in [2.24, 2.45) is 0 Å². The van der Waals surface area contributed by atoms with Gasteiger partial charge in [0.25, 0.3) is 0 Å². The maximum absolute atomic E-state index is 12.1. The summed E-state index contributed by atoms with van der Waals surface area (Å²) >= 11 is 0. The Balaban J connectivity index is 2.21. The van der Waals surface area contributed by atoms with Gasteiger partial charge in [0, 0.05) is 12.3 Å². The first-order valence-electron chi connectivity index (χ1n) is 5.88. The first-order valence-corrected chi connectivity index (χ1v) is 5.88. The summed E-state index contributed by atoms with van der Waals surface area (Å²) in [6, 6.07) is 7.50. The van der Waals surface area contributed by atoms with E-state index < -0.39 is 12.6 Å². The quantitative estimate of drug-likeness (QED) is 0.791. The second-order valence-corrected chi connectivity index (χ2v) is 3.74. The van der Waals surface area contributed by atoms with Crippen molar-refractivity contribution < 1.29 is 23.0 Å². The van der Waals surface area contributed by atoms with E-state index in [9.17, 15) is 13.6 Å². The summed E-state index contributed by atoms with van der Waals surface area (Å²) in [4.78, 5) is 11.5. The van der Waals surface area contributed by atoms with Crippen LogP contribution >= 0.6 is 0 Å². The van der Waals surface area contributed by atoms with Crippen LogP contribution in [0.4, 0.5) is 8.78 Å². The molecule has 0 bridgehead atoms. The number of esters is 1. The van der Waals surface area contributed by atoms with E-state index in [0.717, 1.165) is 0 Å². The second kappa shape index (κ2) is 6.14. The predicted octanol–water partition coefficient (Wildman–Crippen LogP) is 2.65. The summed E-state index contributed by atoms with van der Waals surface area (Å²) in [5, 5.41) is 4.02. The van der Waals surface area contributed by atoms with Crippen LogP contribution in [0.5, 0.6) is 5.75 Å². The molecule has 0 amide bonds. The molecular weight excluding hydrogens is 270 g/mol. The summed E-state index contributed by atoms with van der Waals surface area (Å²) in [6.07, 6.45) is 1.54. The molecule has 0 unspecified atom stereocenters. The summed E-state index contributed by atoms with van der Waals surface area (Å²) in [7, 11) is 0. The normalized spacial score (nSPS) is 10.6. The zero-order valence-corrected chi connectivity index (χ0v) is 10.6. The van der Waals surface area contributed by atoms with Crippen molar-refractivity contribution in [3.63, 3.8) is 0 Å². The zero-order chi connectivity index (χ0) is 14.5. The summed E-state index contributed by atoms with van der Waals surface area (Å²) in [5.74, 6) is -0.517. The van der Waals surface area contributed by atoms with E-state index in [0.29, 0.717) is 5.69 Å². The van der Waals surface area contributed by atoms with E-state index in [1.165, 1.54) is 29.1 Å². The maximum Gasteiger partial charge on any atom is 0.387 e. The number of halogens is 2. The van der Waals surface area contributed by atoms with Crippen molar-refractivity contribution in [3.8, 4) is 11.4 Å². The molecule has 0 aliphatic carbocycles. The van der Waals surface area contributed by atoms with Crippen LogP contribution in [-0.4, -0.2) is 29.0 Å². The minimum Gasteiger partial charge on any atom is -0.461 e. The van der Waals surface area contributed by atoms with Crippen LogP contribution in [0.3, 0.4) is 0 Å². The van der Waals surface area contributed by atoms with Gasteiger partial charge >= 0.3 is 12.6 Å². The average Bonchev–Trinajstić information content (AvgIpc) is 2.88. The molecule has 0 radical (unpaired) electrons. The molecule has 20 heavy (non-hydrogen) atoms. The Morgan fingerprint density at radius 1 is 1.40 bits per heavy atom. The van der Waals surface area contributed by atoms with Gasteiger partial charge in [-0.1, -0.05) is 6.07 Å². The van der Waals surface area contributed by atoms with Crippen LogP contribution in [0.25, 0.3) is 5.69 Å². The molecule has 0 saturated carbocycles. The number of hydrogen-bond acceptors (Lipinski definition) is 4. The highest BCUT2D eigenvalue weighted by atomic mass is 19.3. The van der Waals surface area contributed by atoms with Crippen LogP contribution in [0.2, 0.25) is 0 Å². The van der Waals surface area contributed by atoms with Gasteiger partial charge in [0.2, 0.25) is 0 Å². The Hall–Kier alpha value is -2.44. The first kappa shape index (κ1) is 14.0. The lowest BCUT2D eigenvalue weighted by atomic mass is 10.3. The van der Waals surface area contributed by atoms with Gasteiger partial charge in [-0.05, 0) is 25.1 Å². The maximum atomic E-state index is 12.1. The SMILES string of the molecule is CCOC(=O)c1ccn(-c2cccc(OC(F)F)c2)n1. The third-order valence-electron chi connectivity index (χ3n) is 2.38. The third kappa shape index (κ3) is 3.31. The topological polar surface area (TPSA) is 53.4 Å². The molecule has 0 aliphatic rings. The largest absolute Gasteiger partial charge is 0.461 e. The molecule has 0 atom stereocenters. The number of hydrogen-bond donors (Lipinski definition) is 0. The molecule has 1 aromatic heterocycles. The Bertz CT molecular complexity index is 599. The van der Waals surface area contributed by atoms with E-state index >= 15 is 0 Å². The second-order valence-electron chi connectivity index (χ2n) is 3.74. The highest BCUT2D eigenvalue weighted by molar-refractivity contribution is 5.87. The van der Waals surface area contributed by atoms with Crippen LogP contribution in [0.15, 0.2) is 36.5 Å². The summed E-state index contributed by atoms with van der Waals surface area (Å²) in [6.45, 7) is -0.943. The van der Waals surface area contributed by atoms with Crippen molar-refractivity contribution in [2.75, 3.05) is 6.61 Å². The molecule has 0 fully saturated rings. The molecule has 106 valence electrons. The number of carbonyl (C=O) groups is 1. The molecule has 7 heteroatoms. The third-order valence-corrected chi connectivity index (χ3v) is 2.38. The van der Waals surface area contributed by atoms with Gasteiger partial charge in [0.15, 0.2) is 5.69 Å². The van der Waals surface area contributed by atoms with Crippen molar-refractivity contribution in [1.29, 1.82) is 0 Å². The monoisotopic (exact) mass is 282 g/mol. The van der Waals surface area contributed by atoms with E-state index in [2.05, 4.69) is 9.84 Å². The fourth-order valence-corrected chi connectivity index (χ4v) is 1.58. The van der Waals surface area contributed by atoms with E-state index in [4.69, 9.17) is 4.74 Å². The van der Waals surface area contributed by atoms with E-state index in [1.54, 1.807) is 19.1 Å². The molecule has 2 rings (SSSR count). The Labute approximate surface area is 113 Å². The number of carbonyl (C=O) groups excluding carboxylic acids is 1. The van der Waals surface area contributed by atoms with Crippen molar-refractivity contribution in [1.82, 2.24) is 9.78 Å². The molecular formula is C13H12F2N2O3. The van der Waals surface area contributed by atoms with E-state index in [1.807, 2.05) is 0 Å². The van der Waals surface area contributed by atoms with Crippen LogP contribution < -0.4 is 4.74 Å². The lowest BCUT2D eigenvalue weighted by Crippen LogP contribution is -2.07. The number of rotatable bonds is 5. The Morgan fingerprint density at radius 2 is 2.20 bits per heavy atom. The van der Waals surface area contributed by atoms with Gasteiger partial charge < -0.3 is 9.47 Å².